The molecule has 4 nitrogen and oxygen atoms in total. The van der Waals surface area contributed by atoms with Gasteiger partial charge >= 0.3 is 0 Å². The van der Waals surface area contributed by atoms with Crippen molar-refractivity contribution in [1.82, 2.24) is 0 Å². The molecule has 1 rings (SSSR count). The minimum atomic E-state index is -0.434. The van der Waals surface area contributed by atoms with Gasteiger partial charge in [0.2, 0.25) is 5.91 Å². The molecule has 1 amide bonds. The summed E-state index contributed by atoms with van der Waals surface area (Å²) in [4.78, 5) is 10.8. The molecular weight excluding hydrogens is 194 g/mol. The molecule has 0 bridgehead atoms. The highest BCUT2D eigenvalue weighted by atomic mass is 16.5. The molecule has 0 heterocycles. The molecule has 1 aromatic rings. The molecule has 0 saturated carbocycles. The molecule has 1 aromatic carbocycles. The van der Waals surface area contributed by atoms with Crippen LogP contribution in [0.1, 0.15) is 17.3 Å². The molecule has 0 unspecified atom stereocenters. The number of ether oxygens (including phenoxy) is 2. The molecule has 0 radical (unpaired) electrons. The minimum absolute atomic E-state index is 0.434. The highest BCUT2D eigenvalue weighted by molar-refractivity contribution is 5.92. The summed E-state index contributed by atoms with van der Waals surface area (Å²) < 4.78 is 10.5. The maximum atomic E-state index is 10.8. The molecule has 0 aliphatic carbocycles. The standard InChI is InChI=1S/C11H15NO3/c1-2-14-7-8-15-10-5-3-9(4-6-10)11(12)13/h3-6H,2,7-8H2,1H3,(H2,12,13). The average molecular weight is 209 g/mol. The first-order chi connectivity index (χ1) is 7.24. The van der Waals surface area contributed by atoms with Crippen LogP contribution in [0.3, 0.4) is 0 Å². The summed E-state index contributed by atoms with van der Waals surface area (Å²) >= 11 is 0. The zero-order valence-corrected chi connectivity index (χ0v) is 8.73. The summed E-state index contributed by atoms with van der Waals surface area (Å²) in [6.07, 6.45) is 0. The van der Waals surface area contributed by atoms with E-state index in [4.69, 9.17) is 15.2 Å². The Bertz CT molecular complexity index is 308. The first-order valence-electron chi connectivity index (χ1n) is 4.84. The van der Waals surface area contributed by atoms with Gasteiger partial charge in [-0.3, -0.25) is 4.79 Å². The van der Waals surface area contributed by atoms with Gasteiger partial charge in [-0.05, 0) is 31.2 Å². The number of benzene rings is 1. The molecule has 0 fully saturated rings. The Labute approximate surface area is 89.0 Å². The average Bonchev–Trinajstić information content (AvgIpc) is 2.25. The molecule has 15 heavy (non-hydrogen) atoms. The van der Waals surface area contributed by atoms with E-state index >= 15 is 0 Å². The van der Waals surface area contributed by atoms with E-state index in [0.717, 1.165) is 0 Å². The first kappa shape index (κ1) is 11.5. The van der Waals surface area contributed by atoms with Crippen LogP contribution in [-0.2, 0) is 4.74 Å². The van der Waals surface area contributed by atoms with Crippen LogP contribution in [0.15, 0.2) is 24.3 Å². The lowest BCUT2D eigenvalue weighted by Crippen LogP contribution is -2.10. The van der Waals surface area contributed by atoms with Crippen LogP contribution in [0.25, 0.3) is 0 Å². The number of hydrogen-bond donors (Lipinski definition) is 1. The van der Waals surface area contributed by atoms with Crippen molar-refractivity contribution in [2.45, 2.75) is 6.92 Å². The van der Waals surface area contributed by atoms with Crippen LogP contribution in [0, 0.1) is 0 Å². The molecule has 0 atom stereocenters. The fraction of sp³-hybridized carbons (Fsp3) is 0.364. The van der Waals surface area contributed by atoms with Crippen LogP contribution in [0.4, 0.5) is 0 Å². The van der Waals surface area contributed by atoms with Crippen LogP contribution in [0.5, 0.6) is 5.75 Å². The second kappa shape index (κ2) is 6.03. The Kier molecular flexibility index (Phi) is 4.63. The number of rotatable bonds is 6. The van der Waals surface area contributed by atoms with E-state index in [-0.39, 0.29) is 0 Å². The number of nitrogens with two attached hydrogens (primary N) is 1. The van der Waals surface area contributed by atoms with Gasteiger partial charge in [0, 0.05) is 12.2 Å². The number of hydrogen-bond acceptors (Lipinski definition) is 3. The van der Waals surface area contributed by atoms with Crippen molar-refractivity contribution < 1.29 is 14.3 Å². The summed E-state index contributed by atoms with van der Waals surface area (Å²) in [6.45, 7) is 3.68. The molecule has 0 spiro atoms. The van der Waals surface area contributed by atoms with Crippen molar-refractivity contribution in [2.24, 2.45) is 5.73 Å². The Hall–Kier alpha value is -1.55. The van der Waals surface area contributed by atoms with E-state index in [2.05, 4.69) is 0 Å². The van der Waals surface area contributed by atoms with E-state index in [0.29, 0.717) is 31.1 Å². The second-order valence-corrected chi connectivity index (χ2v) is 2.93. The summed E-state index contributed by atoms with van der Waals surface area (Å²) in [5, 5.41) is 0. The van der Waals surface area contributed by atoms with E-state index in [9.17, 15) is 4.79 Å². The Morgan fingerprint density at radius 1 is 1.27 bits per heavy atom. The monoisotopic (exact) mass is 209 g/mol. The fourth-order valence-corrected chi connectivity index (χ4v) is 1.08. The van der Waals surface area contributed by atoms with Crippen molar-refractivity contribution in [1.29, 1.82) is 0 Å². The topological polar surface area (TPSA) is 61.6 Å². The maximum Gasteiger partial charge on any atom is 0.248 e. The van der Waals surface area contributed by atoms with Gasteiger partial charge in [0.05, 0.1) is 6.61 Å². The van der Waals surface area contributed by atoms with Crippen LogP contribution < -0.4 is 10.5 Å². The van der Waals surface area contributed by atoms with Crippen molar-refractivity contribution >= 4 is 5.91 Å². The van der Waals surface area contributed by atoms with E-state index in [1.54, 1.807) is 24.3 Å². The van der Waals surface area contributed by atoms with E-state index in [1.165, 1.54) is 0 Å². The largest absolute Gasteiger partial charge is 0.491 e. The summed E-state index contributed by atoms with van der Waals surface area (Å²) in [7, 11) is 0. The highest BCUT2D eigenvalue weighted by Gasteiger charge is 1.99. The third kappa shape index (κ3) is 3.99. The molecule has 0 aliphatic heterocycles. The molecule has 0 aromatic heterocycles. The maximum absolute atomic E-state index is 10.8. The number of primary amides is 1. The smallest absolute Gasteiger partial charge is 0.248 e. The molecule has 2 N–H and O–H groups in total. The lowest BCUT2D eigenvalue weighted by molar-refractivity contribution is 0.0999. The lowest BCUT2D eigenvalue weighted by Gasteiger charge is -2.06. The van der Waals surface area contributed by atoms with E-state index in [1.807, 2.05) is 6.92 Å². The zero-order chi connectivity index (χ0) is 11.1. The lowest BCUT2D eigenvalue weighted by atomic mass is 10.2. The van der Waals surface area contributed by atoms with Gasteiger partial charge in [0.1, 0.15) is 12.4 Å². The number of amides is 1. The summed E-state index contributed by atoms with van der Waals surface area (Å²) in [5.41, 5.74) is 5.58. The van der Waals surface area contributed by atoms with Crippen molar-refractivity contribution in [3.8, 4) is 5.75 Å². The Morgan fingerprint density at radius 2 is 1.93 bits per heavy atom. The third-order valence-corrected chi connectivity index (χ3v) is 1.84. The van der Waals surface area contributed by atoms with Gasteiger partial charge in [-0.2, -0.15) is 0 Å². The van der Waals surface area contributed by atoms with Gasteiger partial charge in [0.25, 0.3) is 0 Å². The zero-order valence-electron chi connectivity index (χ0n) is 8.73. The van der Waals surface area contributed by atoms with Gasteiger partial charge in [-0.1, -0.05) is 0 Å². The molecule has 0 aliphatic rings. The van der Waals surface area contributed by atoms with Gasteiger partial charge in [-0.25, -0.2) is 0 Å². The highest BCUT2D eigenvalue weighted by Crippen LogP contribution is 2.11. The predicted molar refractivity (Wildman–Crippen MR) is 56.9 cm³/mol. The quantitative estimate of drug-likeness (QED) is 0.716. The van der Waals surface area contributed by atoms with Gasteiger partial charge < -0.3 is 15.2 Å². The SMILES string of the molecule is CCOCCOc1ccc(C(N)=O)cc1. The van der Waals surface area contributed by atoms with Crippen LogP contribution >= 0.6 is 0 Å². The van der Waals surface area contributed by atoms with E-state index < -0.39 is 5.91 Å². The predicted octanol–water partition coefficient (Wildman–Crippen LogP) is 1.20. The van der Waals surface area contributed by atoms with Crippen molar-refractivity contribution in [3.05, 3.63) is 29.8 Å². The Balaban J connectivity index is 2.39. The van der Waals surface area contributed by atoms with Crippen LogP contribution in [-0.4, -0.2) is 25.7 Å². The Morgan fingerprint density at radius 3 is 2.47 bits per heavy atom. The van der Waals surface area contributed by atoms with Crippen molar-refractivity contribution in [3.63, 3.8) is 0 Å². The van der Waals surface area contributed by atoms with Crippen LogP contribution in [0.2, 0.25) is 0 Å². The fourth-order valence-electron chi connectivity index (χ4n) is 1.08. The minimum Gasteiger partial charge on any atom is -0.491 e. The normalized spacial score (nSPS) is 9.93. The van der Waals surface area contributed by atoms with Gasteiger partial charge in [0.15, 0.2) is 0 Å². The summed E-state index contributed by atoms with van der Waals surface area (Å²) in [5.74, 6) is 0.274. The van der Waals surface area contributed by atoms with Gasteiger partial charge in [-0.15, -0.1) is 0 Å². The molecule has 82 valence electrons. The molecule has 0 saturated heterocycles. The summed E-state index contributed by atoms with van der Waals surface area (Å²) in [6, 6.07) is 6.70. The molecular formula is C11H15NO3. The van der Waals surface area contributed by atoms with Crippen molar-refractivity contribution in [2.75, 3.05) is 19.8 Å². The number of carbonyl (C=O) groups is 1. The number of carbonyl (C=O) groups excluding carboxylic acids is 1. The first-order valence-corrected chi connectivity index (χ1v) is 4.84. The molecule has 4 heteroatoms. The third-order valence-electron chi connectivity index (χ3n) is 1.84. The second-order valence-electron chi connectivity index (χ2n) is 2.93.